The number of hydrogen-bond acceptors (Lipinski definition) is 4. The highest BCUT2D eigenvalue weighted by atomic mass is 16.5. The first-order valence-corrected chi connectivity index (χ1v) is 7.17. The van der Waals surface area contributed by atoms with Gasteiger partial charge in [0, 0.05) is 17.5 Å². The van der Waals surface area contributed by atoms with Gasteiger partial charge < -0.3 is 9.47 Å². The number of ether oxygens (including phenoxy) is 2. The van der Waals surface area contributed by atoms with E-state index < -0.39 is 0 Å². The first kappa shape index (κ1) is 17.2. The molecule has 116 valence electrons. The van der Waals surface area contributed by atoms with Crippen molar-refractivity contribution in [1.82, 2.24) is 0 Å². The van der Waals surface area contributed by atoms with E-state index in [-0.39, 0.29) is 30.0 Å². The number of benzene rings is 1. The molecule has 1 aromatic carbocycles. The Balaban J connectivity index is 2.99. The number of rotatable bonds is 6. The SMILES string of the molecule is CCOc1ccc(C(=O)CCC(=O)OC)cc1C(C)(C)C. The smallest absolute Gasteiger partial charge is 0.305 e. The second-order valence-electron chi connectivity index (χ2n) is 5.89. The second kappa shape index (κ2) is 7.25. The molecule has 0 amide bonds. The van der Waals surface area contributed by atoms with Crippen LogP contribution in [0.15, 0.2) is 18.2 Å². The largest absolute Gasteiger partial charge is 0.494 e. The van der Waals surface area contributed by atoms with E-state index >= 15 is 0 Å². The van der Waals surface area contributed by atoms with Crippen molar-refractivity contribution in [3.05, 3.63) is 29.3 Å². The molecule has 0 unspecified atom stereocenters. The van der Waals surface area contributed by atoms with Crippen LogP contribution in [0.2, 0.25) is 0 Å². The molecule has 4 nitrogen and oxygen atoms in total. The summed E-state index contributed by atoms with van der Waals surface area (Å²) in [4.78, 5) is 23.3. The van der Waals surface area contributed by atoms with Crippen LogP contribution in [0, 0.1) is 0 Å². The van der Waals surface area contributed by atoms with Gasteiger partial charge >= 0.3 is 5.97 Å². The third-order valence-corrected chi connectivity index (χ3v) is 3.19. The van der Waals surface area contributed by atoms with Crippen LogP contribution in [0.3, 0.4) is 0 Å². The van der Waals surface area contributed by atoms with Crippen LogP contribution in [0.5, 0.6) is 5.75 Å². The second-order valence-corrected chi connectivity index (χ2v) is 5.89. The predicted octanol–water partition coefficient (Wildman–Crippen LogP) is 3.52. The lowest BCUT2D eigenvalue weighted by molar-refractivity contribution is -0.140. The Kier molecular flexibility index (Phi) is 5.94. The van der Waals surface area contributed by atoms with E-state index in [0.717, 1.165) is 11.3 Å². The summed E-state index contributed by atoms with van der Waals surface area (Å²) in [5.41, 5.74) is 1.48. The van der Waals surface area contributed by atoms with Gasteiger partial charge in [0.15, 0.2) is 5.78 Å². The van der Waals surface area contributed by atoms with Crippen LogP contribution in [-0.2, 0) is 14.9 Å². The molecule has 0 heterocycles. The Morgan fingerprint density at radius 1 is 1.14 bits per heavy atom. The predicted molar refractivity (Wildman–Crippen MR) is 81.9 cm³/mol. The minimum absolute atomic E-state index is 0.0612. The van der Waals surface area contributed by atoms with E-state index in [1.165, 1.54) is 7.11 Å². The maximum Gasteiger partial charge on any atom is 0.305 e. The van der Waals surface area contributed by atoms with Gasteiger partial charge in [0.2, 0.25) is 0 Å². The van der Waals surface area contributed by atoms with Crippen molar-refractivity contribution < 1.29 is 19.1 Å². The standard InChI is InChI=1S/C17H24O4/c1-6-21-15-9-7-12(11-13(15)17(2,3)4)14(18)8-10-16(19)20-5/h7,9,11H,6,8,10H2,1-5H3. The van der Waals surface area contributed by atoms with E-state index in [9.17, 15) is 9.59 Å². The molecule has 0 aliphatic heterocycles. The number of ketones is 1. The van der Waals surface area contributed by atoms with Gasteiger partial charge in [0.05, 0.1) is 20.1 Å². The van der Waals surface area contributed by atoms with Crippen molar-refractivity contribution in [2.24, 2.45) is 0 Å². The zero-order chi connectivity index (χ0) is 16.0. The monoisotopic (exact) mass is 292 g/mol. The minimum Gasteiger partial charge on any atom is -0.494 e. The van der Waals surface area contributed by atoms with Gasteiger partial charge in [-0.1, -0.05) is 20.8 Å². The number of carbonyl (C=O) groups excluding carboxylic acids is 2. The lowest BCUT2D eigenvalue weighted by Gasteiger charge is -2.23. The molecular formula is C17H24O4. The average molecular weight is 292 g/mol. The molecule has 0 aliphatic carbocycles. The fourth-order valence-electron chi connectivity index (χ4n) is 2.03. The van der Waals surface area contributed by atoms with Crippen LogP contribution >= 0.6 is 0 Å². The first-order chi connectivity index (χ1) is 9.79. The molecule has 0 N–H and O–H groups in total. The third-order valence-electron chi connectivity index (χ3n) is 3.19. The maximum absolute atomic E-state index is 12.2. The molecule has 0 saturated carbocycles. The molecule has 1 rings (SSSR count). The molecule has 1 aromatic rings. The topological polar surface area (TPSA) is 52.6 Å². The lowest BCUT2D eigenvalue weighted by atomic mass is 9.84. The fourth-order valence-corrected chi connectivity index (χ4v) is 2.03. The molecule has 0 bridgehead atoms. The molecule has 0 aliphatic rings. The van der Waals surface area contributed by atoms with Crippen molar-refractivity contribution in [2.45, 2.75) is 46.0 Å². The van der Waals surface area contributed by atoms with Crippen molar-refractivity contribution >= 4 is 11.8 Å². The van der Waals surface area contributed by atoms with Gasteiger partial charge in [-0.05, 0) is 30.5 Å². The number of esters is 1. The van der Waals surface area contributed by atoms with Crippen LogP contribution in [0.25, 0.3) is 0 Å². The fraction of sp³-hybridized carbons (Fsp3) is 0.529. The molecule has 0 aromatic heterocycles. The zero-order valence-corrected chi connectivity index (χ0v) is 13.5. The average Bonchev–Trinajstić information content (AvgIpc) is 2.43. The van der Waals surface area contributed by atoms with Gasteiger partial charge in [-0.15, -0.1) is 0 Å². The highest BCUT2D eigenvalue weighted by molar-refractivity contribution is 5.97. The Bertz CT molecular complexity index is 512. The summed E-state index contributed by atoms with van der Waals surface area (Å²) >= 11 is 0. The van der Waals surface area contributed by atoms with Gasteiger partial charge in [0.1, 0.15) is 5.75 Å². The molecule has 0 atom stereocenters. The normalized spacial score (nSPS) is 11.1. The van der Waals surface area contributed by atoms with Gasteiger partial charge in [-0.3, -0.25) is 9.59 Å². The highest BCUT2D eigenvalue weighted by Gasteiger charge is 2.21. The van der Waals surface area contributed by atoms with Gasteiger partial charge in [-0.2, -0.15) is 0 Å². The number of carbonyl (C=O) groups is 2. The van der Waals surface area contributed by atoms with Crippen LogP contribution in [0.4, 0.5) is 0 Å². The molecule has 0 spiro atoms. The zero-order valence-electron chi connectivity index (χ0n) is 13.5. The summed E-state index contributed by atoms with van der Waals surface area (Å²) in [6, 6.07) is 5.44. The lowest BCUT2D eigenvalue weighted by Crippen LogP contribution is -2.15. The van der Waals surface area contributed by atoms with Crippen molar-refractivity contribution in [3.63, 3.8) is 0 Å². The van der Waals surface area contributed by atoms with Gasteiger partial charge in [-0.25, -0.2) is 0 Å². The summed E-state index contributed by atoms with van der Waals surface area (Å²) < 4.78 is 10.2. The summed E-state index contributed by atoms with van der Waals surface area (Å²) in [6.45, 7) is 8.75. The first-order valence-electron chi connectivity index (χ1n) is 7.17. The van der Waals surface area contributed by atoms with E-state index in [4.69, 9.17) is 4.74 Å². The Labute approximate surface area is 126 Å². The number of Topliss-reactive ketones (excluding diaryl/α,β-unsaturated/α-hetero) is 1. The van der Waals surface area contributed by atoms with Crippen molar-refractivity contribution in [1.29, 1.82) is 0 Å². The molecule has 0 saturated heterocycles. The summed E-state index contributed by atoms with van der Waals surface area (Å²) in [5, 5.41) is 0. The van der Waals surface area contributed by atoms with Gasteiger partial charge in [0.25, 0.3) is 0 Å². The molecule has 4 heteroatoms. The van der Waals surface area contributed by atoms with Crippen LogP contribution < -0.4 is 4.74 Å². The minimum atomic E-state index is -0.370. The molecule has 0 fully saturated rings. The van der Waals surface area contributed by atoms with E-state index in [2.05, 4.69) is 25.5 Å². The summed E-state index contributed by atoms with van der Waals surface area (Å²) in [7, 11) is 1.32. The number of methoxy groups -OCH3 is 1. The number of hydrogen-bond donors (Lipinski definition) is 0. The molecule has 21 heavy (non-hydrogen) atoms. The summed E-state index contributed by atoms with van der Waals surface area (Å²) in [5.74, 6) is 0.369. The van der Waals surface area contributed by atoms with E-state index in [1.54, 1.807) is 6.07 Å². The highest BCUT2D eigenvalue weighted by Crippen LogP contribution is 2.32. The third kappa shape index (κ3) is 4.88. The maximum atomic E-state index is 12.2. The van der Waals surface area contributed by atoms with Crippen molar-refractivity contribution in [3.8, 4) is 5.75 Å². The van der Waals surface area contributed by atoms with Crippen molar-refractivity contribution in [2.75, 3.05) is 13.7 Å². The molecular weight excluding hydrogens is 268 g/mol. The van der Waals surface area contributed by atoms with Crippen LogP contribution in [-0.4, -0.2) is 25.5 Å². The van der Waals surface area contributed by atoms with E-state index in [1.807, 2.05) is 19.1 Å². The van der Waals surface area contributed by atoms with E-state index in [0.29, 0.717) is 12.2 Å². The summed E-state index contributed by atoms with van der Waals surface area (Å²) in [6.07, 6.45) is 0.262. The molecule has 0 radical (unpaired) electrons. The Hall–Kier alpha value is -1.84. The Morgan fingerprint density at radius 2 is 1.81 bits per heavy atom. The van der Waals surface area contributed by atoms with Crippen LogP contribution in [0.1, 0.15) is 56.5 Å². The Morgan fingerprint density at radius 3 is 2.33 bits per heavy atom. The quantitative estimate of drug-likeness (QED) is 0.594.